The lowest BCUT2D eigenvalue weighted by Gasteiger charge is -2.35. The van der Waals surface area contributed by atoms with Crippen LogP contribution in [0.1, 0.15) is 37.8 Å². The summed E-state index contributed by atoms with van der Waals surface area (Å²) in [6.07, 6.45) is 2.18. The summed E-state index contributed by atoms with van der Waals surface area (Å²) in [6.45, 7) is 5.49. The van der Waals surface area contributed by atoms with E-state index in [1.54, 1.807) is 0 Å². The lowest BCUT2D eigenvalue weighted by molar-refractivity contribution is 0.387. The highest BCUT2D eigenvalue weighted by atomic mass is 15.0. The van der Waals surface area contributed by atoms with Crippen molar-refractivity contribution in [1.29, 1.82) is 0 Å². The van der Waals surface area contributed by atoms with Crippen molar-refractivity contribution < 1.29 is 0 Å². The van der Waals surface area contributed by atoms with Crippen LogP contribution in [-0.2, 0) is 5.54 Å². The summed E-state index contributed by atoms with van der Waals surface area (Å²) >= 11 is 0. The summed E-state index contributed by atoms with van der Waals surface area (Å²) in [5.74, 6) is 0. The van der Waals surface area contributed by atoms with Crippen molar-refractivity contribution in [3.05, 3.63) is 71.8 Å². The van der Waals surface area contributed by atoms with Crippen LogP contribution < -0.4 is 5.32 Å². The topological polar surface area (TPSA) is 12.0 Å². The van der Waals surface area contributed by atoms with Crippen molar-refractivity contribution in [2.45, 2.75) is 32.2 Å². The van der Waals surface area contributed by atoms with Crippen LogP contribution in [-0.4, -0.2) is 6.54 Å². The zero-order chi connectivity index (χ0) is 13.6. The molecule has 0 saturated carbocycles. The summed E-state index contributed by atoms with van der Waals surface area (Å²) in [4.78, 5) is 0. The average Bonchev–Trinajstić information content (AvgIpc) is 2.51. The first-order chi connectivity index (χ1) is 9.33. The van der Waals surface area contributed by atoms with Crippen LogP contribution in [0.25, 0.3) is 0 Å². The monoisotopic (exact) mass is 253 g/mol. The minimum absolute atomic E-state index is 0.0709. The molecule has 1 heteroatoms. The van der Waals surface area contributed by atoms with Crippen molar-refractivity contribution in [2.75, 3.05) is 6.54 Å². The van der Waals surface area contributed by atoms with E-state index >= 15 is 0 Å². The highest BCUT2D eigenvalue weighted by Crippen LogP contribution is 2.32. The van der Waals surface area contributed by atoms with Gasteiger partial charge in [0.15, 0.2) is 0 Å². The van der Waals surface area contributed by atoms with Crippen LogP contribution in [0.5, 0.6) is 0 Å². The minimum atomic E-state index is -0.0709. The van der Waals surface area contributed by atoms with Gasteiger partial charge in [0.2, 0.25) is 0 Å². The SMILES string of the molecule is CCCNC(CC)(c1ccccc1)c1ccccc1. The molecule has 0 radical (unpaired) electrons. The number of benzene rings is 2. The molecule has 0 fully saturated rings. The first kappa shape index (κ1) is 13.8. The van der Waals surface area contributed by atoms with Crippen LogP contribution in [0.15, 0.2) is 60.7 Å². The quantitative estimate of drug-likeness (QED) is 0.807. The zero-order valence-electron chi connectivity index (χ0n) is 11.9. The van der Waals surface area contributed by atoms with Crippen LogP contribution in [0, 0.1) is 0 Å². The second-order valence-corrected chi connectivity index (χ2v) is 4.92. The number of hydrogen-bond donors (Lipinski definition) is 1. The second-order valence-electron chi connectivity index (χ2n) is 4.92. The molecular weight excluding hydrogens is 230 g/mol. The van der Waals surface area contributed by atoms with E-state index in [0.717, 1.165) is 19.4 Å². The van der Waals surface area contributed by atoms with Crippen LogP contribution in [0.2, 0.25) is 0 Å². The molecule has 2 rings (SSSR count). The summed E-state index contributed by atoms with van der Waals surface area (Å²) in [5, 5.41) is 3.77. The van der Waals surface area contributed by atoms with Gasteiger partial charge in [-0.05, 0) is 30.5 Å². The van der Waals surface area contributed by atoms with E-state index in [2.05, 4.69) is 79.8 Å². The molecule has 0 saturated heterocycles. The Morgan fingerprint density at radius 1 is 0.789 bits per heavy atom. The first-order valence-electron chi connectivity index (χ1n) is 7.19. The Hall–Kier alpha value is -1.60. The Morgan fingerprint density at radius 3 is 1.63 bits per heavy atom. The van der Waals surface area contributed by atoms with Gasteiger partial charge < -0.3 is 5.32 Å². The molecular formula is C18H23N. The summed E-state index contributed by atoms with van der Waals surface area (Å²) in [7, 11) is 0. The molecule has 0 aliphatic heterocycles. The molecule has 0 heterocycles. The Morgan fingerprint density at radius 2 is 1.26 bits per heavy atom. The average molecular weight is 253 g/mol. The fraction of sp³-hybridized carbons (Fsp3) is 0.333. The third-order valence-electron chi connectivity index (χ3n) is 3.74. The highest BCUT2D eigenvalue weighted by molar-refractivity contribution is 5.38. The Balaban J connectivity index is 2.48. The molecule has 2 aromatic rings. The second kappa shape index (κ2) is 6.53. The maximum Gasteiger partial charge on any atom is 0.0687 e. The third-order valence-corrected chi connectivity index (χ3v) is 3.74. The van der Waals surface area contributed by atoms with Crippen molar-refractivity contribution in [2.24, 2.45) is 0 Å². The molecule has 19 heavy (non-hydrogen) atoms. The normalized spacial score (nSPS) is 11.5. The highest BCUT2D eigenvalue weighted by Gasteiger charge is 2.31. The number of rotatable bonds is 6. The van der Waals surface area contributed by atoms with Crippen LogP contribution >= 0.6 is 0 Å². The molecule has 2 aromatic carbocycles. The van der Waals surface area contributed by atoms with Gasteiger partial charge in [-0.2, -0.15) is 0 Å². The summed E-state index contributed by atoms with van der Waals surface area (Å²) in [5.41, 5.74) is 2.62. The van der Waals surface area contributed by atoms with E-state index in [0.29, 0.717) is 0 Å². The lowest BCUT2D eigenvalue weighted by Crippen LogP contribution is -2.43. The van der Waals surface area contributed by atoms with E-state index in [1.165, 1.54) is 11.1 Å². The van der Waals surface area contributed by atoms with Gasteiger partial charge in [-0.3, -0.25) is 0 Å². The van der Waals surface area contributed by atoms with Crippen molar-refractivity contribution in [3.8, 4) is 0 Å². The predicted octanol–water partition coefficient (Wildman–Crippen LogP) is 4.34. The predicted molar refractivity (Wildman–Crippen MR) is 82.2 cm³/mol. The van der Waals surface area contributed by atoms with Crippen LogP contribution in [0.3, 0.4) is 0 Å². The molecule has 1 N–H and O–H groups in total. The Kier molecular flexibility index (Phi) is 4.75. The van der Waals surface area contributed by atoms with Gasteiger partial charge >= 0.3 is 0 Å². The molecule has 0 bridgehead atoms. The molecule has 0 amide bonds. The molecule has 100 valence electrons. The maximum absolute atomic E-state index is 3.77. The van der Waals surface area contributed by atoms with Gasteiger partial charge in [0.25, 0.3) is 0 Å². The molecule has 0 spiro atoms. The van der Waals surface area contributed by atoms with Crippen molar-refractivity contribution in [3.63, 3.8) is 0 Å². The fourth-order valence-corrected chi connectivity index (χ4v) is 2.69. The van der Waals surface area contributed by atoms with E-state index in [1.807, 2.05) is 0 Å². The summed E-state index contributed by atoms with van der Waals surface area (Å²) < 4.78 is 0. The van der Waals surface area contributed by atoms with Gasteiger partial charge in [0.1, 0.15) is 0 Å². The number of hydrogen-bond acceptors (Lipinski definition) is 1. The minimum Gasteiger partial charge on any atom is -0.304 e. The van der Waals surface area contributed by atoms with Gasteiger partial charge in [-0.15, -0.1) is 0 Å². The Labute approximate surface area is 116 Å². The van der Waals surface area contributed by atoms with Gasteiger partial charge in [-0.25, -0.2) is 0 Å². The zero-order valence-corrected chi connectivity index (χ0v) is 11.9. The molecule has 0 aromatic heterocycles. The molecule has 0 aliphatic carbocycles. The smallest absolute Gasteiger partial charge is 0.0687 e. The van der Waals surface area contributed by atoms with Gasteiger partial charge in [0, 0.05) is 0 Å². The molecule has 0 aliphatic rings. The van der Waals surface area contributed by atoms with Crippen LogP contribution in [0.4, 0.5) is 0 Å². The summed E-state index contributed by atoms with van der Waals surface area (Å²) in [6, 6.07) is 21.5. The fourth-order valence-electron chi connectivity index (χ4n) is 2.69. The Bertz CT molecular complexity index is 436. The molecule has 0 unspecified atom stereocenters. The first-order valence-corrected chi connectivity index (χ1v) is 7.19. The van der Waals surface area contributed by atoms with E-state index in [-0.39, 0.29) is 5.54 Å². The van der Waals surface area contributed by atoms with E-state index in [9.17, 15) is 0 Å². The number of nitrogens with one attached hydrogen (secondary N) is 1. The van der Waals surface area contributed by atoms with Crippen molar-refractivity contribution >= 4 is 0 Å². The lowest BCUT2D eigenvalue weighted by atomic mass is 9.80. The maximum atomic E-state index is 3.77. The van der Waals surface area contributed by atoms with Gasteiger partial charge in [-0.1, -0.05) is 74.5 Å². The standard InChI is InChI=1S/C18H23N/c1-3-15-19-18(4-2,16-11-7-5-8-12-16)17-13-9-6-10-14-17/h5-14,19H,3-4,15H2,1-2H3. The van der Waals surface area contributed by atoms with Gasteiger partial charge in [0.05, 0.1) is 5.54 Å². The largest absolute Gasteiger partial charge is 0.304 e. The van der Waals surface area contributed by atoms with E-state index in [4.69, 9.17) is 0 Å². The van der Waals surface area contributed by atoms with E-state index < -0.39 is 0 Å². The molecule has 1 nitrogen and oxygen atoms in total. The van der Waals surface area contributed by atoms with Crippen molar-refractivity contribution in [1.82, 2.24) is 5.32 Å². The molecule has 0 atom stereocenters. The third kappa shape index (κ3) is 2.87.